The van der Waals surface area contributed by atoms with Gasteiger partial charge in [-0.25, -0.2) is 14.8 Å². The summed E-state index contributed by atoms with van der Waals surface area (Å²) in [6.07, 6.45) is 4.15. The minimum Gasteiger partial charge on any atom is -0.480 e. The van der Waals surface area contributed by atoms with E-state index in [0.717, 1.165) is 0 Å². The fraction of sp³-hybridized carbons (Fsp3) is 0.560. The molecule has 11 atom stereocenters. The van der Waals surface area contributed by atoms with Crippen LogP contribution in [0.25, 0.3) is 0 Å². The van der Waals surface area contributed by atoms with E-state index in [4.69, 9.17) is 17.2 Å². The van der Waals surface area contributed by atoms with Crippen LogP contribution >= 0.6 is 0 Å². The first-order valence-corrected chi connectivity index (χ1v) is 25.5. The van der Waals surface area contributed by atoms with Crippen molar-refractivity contribution in [1.29, 1.82) is 0 Å². The lowest BCUT2D eigenvalue weighted by atomic mass is 9.98. The molecule has 424 valence electrons. The monoisotopic (exact) mass is 1080 g/mol. The molecule has 0 saturated heterocycles. The average Bonchev–Trinajstić information content (AvgIpc) is 4.11. The van der Waals surface area contributed by atoms with Crippen molar-refractivity contribution in [2.75, 3.05) is 6.54 Å². The molecule has 2 heterocycles. The first kappa shape index (κ1) is 63.5. The first-order valence-electron chi connectivity index (χ1n) is 25.5. The number of benzene rings is 1. The summed E-state index contributed by atoms with van der Waals surface area (Å²) in [5, 5.41) is 41.1. The standard InChI is InChI=1S/C50H77N15O12/c1-7-27(4)39(53)48(74)60-34(16-17-38(52)67)43(69)58-28(5)42(68)59-33(15-11-12-18-51)44(70)65-41(29(6)66)49(75)63-35(19-30-13-9-8-10-14-30)45(71)61-36(20-31-22-54-24-56-31)46(72)62-37(21-32-23-55-25-57-32)47(73)64-40(26(2)3)50(76)77/h8-10,13-14,22-29,33-37,39-41,66H,7,11-12,15-21,51,53H2,1-6H3,(H2,52,67)(H,54,56)(H,55,57)(H,58,69)(H,59,68)(H,60,74)(H,61,71)(H,62,72)(H,63,75)(H,64,73)(H,65,70)(H,76,77)/t27-,28-,29+,33-,34-,35-,36-,37-,39-,40-,41-/m0/s1. The Morgan fingerprint density at radius 1 is 0.584 bits per heavy atom. The second kappa shape index (κ2) is 32.0. The molecule has 0 bridgehead atoms. The Labute approximate surface area is 446 Å². The van der Waals surface area contributed by atoms with Crippen molar-refractivity contribution in [2.24, 2.45) is 29.0 Å². The van der Waals surface area contributed by atoms with Gasteiger partial charge in [-0.1, -0.05) is 64.4 Å². The molecule has 9 amide bonds. The number of H-pyrrole nitrogens is 2. The maximum Gasteiger partial charge on any atom is 0.326 e. The van der Waals surface area contributed by atoms with Crippen molar-refractivity contribution in [3.8, 4) is 0 Å². The molecular weight excluding hydrogens is 1000 g/mol. The maximum absolute atomic E-state index is 14.5. The molecule has 2 aromatic heterocycles. The van der Waals surface area contributed by atoms with Crippen molar-refractivity contribution < 1.29 is 58.2 Å². The van der Waals surface area contributed by atoms with Gasteiger partial charge in [0.05, 0.1) is 24.8 Å². The summed E-state index contributed by atoms with van der Waals surface area (Å²) in [4.78, 5) is 148. The molecule has 3 aromatic rings. The van der Waals surface area contributed by atoms with Gasteiger partial charge in [0.2, 0.25) is 53.2 Å². The number of primary amides is 1. The topological polar surface area (TPSA) is 443 Å². The highest BCUT2D eigenvalue weighted by Crippen LogP contribution is 2.12. The molecule has 1 aromatic carbocycles. The number of aromatic amines is 2. The van der Waals surface area contributed by atoms with Gasteiger partial charge in [-0.15, -0.1) is 0 Å². The number of unbranched alkanes of at least 4 members (excludes halogenated alkanes) is 1. The molecule has 0 aliphatic heterocycles. The van der Waals surface area contributed by atoms with Gasteiger partial charge in [-0.05, 0) is 63.5 Å². The molecule has 0 radical (unpaired) electrons. The predicted octanol–water partition coefficient (Wildman–Crippen LogP) is -3.05. The summed E-state index contributed by atoms with van der Waals surface area (Å²) in [6, 6.07) is -3.92. The molecule has 0 aliphatic carbocycles. The van der Waals surface area contributed by atoms with E-state index < -0.39 is 126 Å². The number of carbonyl (C=O) groups excluding carboxylic acids is 9. The molecule has 18 N–H and O–H groups in total. The van der Waals surface area contributed by atoms with Gasteiger partial charge in [-0.2, -0.15) is 0 Å². The molecule has 27 nitrogen and oxygen atoms in total. The van der Waals surface area contributed by atoms with Gasteiger partial charge in [0.25, 0.3) is 0 Å². The van der Waals surface area contributed by atoms with Crippen LogP contribution in [0.1, 0.15) is 97.0 Å². The number of nitrogens with zero attached hydrogens (tertiary/aromatic N) is 2. The second-order valence-electron chi connectivity index (χ2n) is 19.3. The molecule has 3 rings (SSSR count). The zero-order chi connectivity index (χ0) is 57.4. The van der Waals surface area contributed by atoms with Crippen LogP contribution in [0.5, 0.6) is 0 Å². The Morgan fingerprint density at radius 2 is 1.05 bits per heavy atom. The number of rotatable bonds is 34. The summed E-state index contributed by atoms with van der Waals surface area (Å²) < 4.78 is 0. The SMILES string of the molecule is CC[C@H](C)[C@H](N)C(=O)N[C@@H](CCC(N)=O)C(=O)N[C@@H](C)C(=O)N[C@@H](CCCCN)C(=O)N[C@H](C(=O)N[C@@H](Cc1ccccc1)C(=O)N[C@@H](Cc1cnc[nH]1)C(=O)N[C@@H](Cc1cnc[nH]1)C(=O)N[C@H](C(=O)O)C(C)C)[C@@H](C)O. The van der Waals surface area contributed by atoms with Gasteiger partial charge in [0, 0.05) is 49.5 Å². The van der Waals surface area contributed by atoms with Crippen LogP contribution in [0.2, 0.25) is 0 Å². The summed E-state index contributed by atoms with van der Waals surface area (Å²) in [6.45, 7) is 9.53. The van der Waals surface area contributed by atoms with E-state index in [9.17, 15) is 58.2 Å². The number of aromatic nitrogens is 4. The van der Waals surface area contributed by atoms with Crippen molar-refractivity contribution in [3.05, 3.63) is 72.3 Å². The van der Waals surface area contributed by atoms with Gasteiger partial charge in [0.15, 0.2) is 0 Å². The molecule has 0 saturated carbocycles. The van der Waals surface area contributed by atoms with Gasteiger partial charge >= 0.3 is 5.97 Å². The summed E-state index contributed by atoms with van der Waals surface area (Å²) >= 11 is 0. The molecule has 0 aliphatic rings. The summed E-state index contributed by atoms with van der Waals surface area (Å²) in [5.41, 5.74) is 18.4. The molecule has 27 heteroatoms. The number of aliphatic hydroxyl groups is 1. The minimum atomic E-state index is -1.75. The Hall–Kier alpha value is -7.78. The van der Waals surface area contributed by atoms with E-state index >= 15 is 0 Å². The van der Waals surface area contributed by atoms with Crippen molar-refractivity contribution >= 4 is 59.1 Å². The fourth-order valence-electron chi connectivity index (χ4n) is 7.72. The highest BCUT2D eigenvalue weighted by Gasteiger charge is 2.37. The lowest BCUT2D eigenvalue weighted by molar-refractivity contribution is -0.143. The molecule has 77 heavy (non-hydrogen) atoms. The van der Waals surface area contributed by atoms with E-state index in [1.54, 1.807) is 51.1 Å². The maximum atomic E-state index is 14.5. The third-order valence-corrected chi connectivity index (χ3v) is 12.6. The van der Waals surface area contributed by atoms with Crippen molar-refractivity contribution in [2.45, 2.75) is 160 Å². The highest BCUT2D eigenvalue weighted by atomic mass is 16.4. The third kappa shape index (κ3) is 21.4. The molecular formula is C50H77N15O12. The van der Waals surface area contributed by atoms with E-state index in [1.165, 1.54) is 38.9 Å². The van der Waals surface area contributed by atoms with Gasteiger partial charge < -0.3 is 79.9 Å². The van der Waals surface area contributed by atoms with E-state index in [0.29, 0.717) is 36.2 Å². The van der Waals surface area contributed by atoms with Crippen LogP contribution in [-0.4, -0.2) is 156 Å². The zero-order valence-corrected chi connectivity index (χ0v) is 44.3. The lowest BCUT2D eigenvalue weighted by Crippen LogP contribution is -2.62. The van der Waals surface area contributed by atoms with Crippen LogP contribution in [0.4, 0.5) is 0 Å². The fourth-order valence-corrected chi connectivity index (χ4v) is 7.72. The number of nitrogens with two attached hydrogens (primary N) is 3. The number of carboxylic acid groups (broad SMARTS) is 1. The number of imidazole rings is 2. The predicted molar refractivity (Wildman–Crippen MR) is 279 cm³/mol. The molecule has 0 spiro atoms. The largest absolute Gasteiger partial charge is 0.480 e. The number of carboxylic acids is 1. The number of aliphatic hydroxyl groups excluding tert-OH is 1. The average molecular weight is 1080 g/mol. The van der Waals surface area contributed by atoms with Crippen LogP contribution in [0, 0.1) is 11.8 Å². The minimum absolute atomic E-state index is 0.0184. The normalized spacial score (nSPS) is 15.5. The first-order chi connectivity index (χ1) is 36.4. The van der Waals surface area contributed by atoms with Crippen LogP contribution in [0.15, 0.2) is 55.4 Å². The number of hydrogen-bond donors (Lipinski definition) is 15. The Kier molecular flexibility index (Phi) is 26.4. The summed E-state index contributed by atoms with van der Waals surface area (Å²) in [5.74, 6) is -9.78. The van der Waals surface area contributed by atoms with Crippen molar-refractivity contribution in [3.63, 3.8) is 0 Å². The highest BCUT2D eigenvalue weighted by molar-refractivity contribution is 5.98. The molecule has 0 unspecified atom stereocenters. The third-order valence-electron chi connectivity index (χ3n) is 12.6. The van der Waals surface area contributed by atoms with E-state index in [1.807, 2.05) is 6.92 Å². The number of nitrogens with one attached hydrogen (secondary N) is 10. The second-order valence-corrected chi connectivity index (χ2v) is 19.3. The van der Waals surface area contributed by atoms with E-state index in [2.05, 4.69) is 62.5 Å². The van der Waals surface area contributed by atoms with Gasteiger partial charge in [-0.3, -0.25) is 43.2 Å². The zero-order valence-electron chi connectivity index (χ0n) is 44.3. The number of carbonyl (C=O) groups is 10. The van der Waals surface area contributed by atoms with Crippen LogP contribution in [0.3, 0.4) is 0 Å². The number of aliphatic carboxylic acids is 1. The Balaban J connectivity index is 1.89. The number of amides is 9. The Bertz CT molecular complexity index is 2410. The summed E-state index contributed by atoms with van der Waals surface area (Å²) in [7, 11) is 0. The quantitative estimate of drug-likeness (QED) is 0.0264. The Morgan fingerprint density at radius 3 is 1.53 bits per heavy atom. The molecule has 0 fully saturated rings. The lowest BCUT2D eigenvalue weighted by Gasteiger charge is -2.29. The van der Waals surface area contributed by atoms with Gasteiger partial charge in [0.1, 0.15) is 48.3 Å². The number of hydrogen-bond acceptors (Lipinski definition) is 15. The smallest absolute Gasteiger partial charge is 0.326 e. The van der Waals surface area contributed by atoms with Crippen LogP contribution in [-0.2, 0) is 67.2 Å². The van der Waals surface area contributed by atoms with Crippen LogP contribution < -0.4 is 59.7 Å². The van der Waals surface area contributed by atoms with E-state index in [-0.39, 0.29) is 51.0 Å². The van der Waals surface area contributed by atoms with Crippen molar-refractivity contribution in [1.82, 2.24) is 62.5 Å².